The van der Waals surface area contributed by atoms with Crippen LogP contribution in [0, 0.1) is 6.92 Å². The normalized spacial score (nSPS) is 10.7. The predicted octanol–water partition coefficient (Wildman–Crippen LogP) is 3.01. The minimum atomic E-state index is 0.740. The summed E-state index contributed by atoms with van der Waals surface area (Å²) in [7, 11) is 0. The summed E-state index contributed by atoms with van der Waals surface area (Å²) in [6.07, 6.45) is 3.41. The first-order chi connectivity index (χ1) is 8.81. The number of anilines is 1. The number of benzene rings is 1. The highest BCUT2D eigenvalue weighted by atomic mass is 32.1. The molecule has 0 amide bonds. The lowest BCUT2D eigenvalue weighted by Crippen LogP contribution is -1.99. The van der Waals surface area contributed by atoms with E-state index >= 15 is 0 Å². The SMILES string of the molecule is Cc1csc(CNc2ccc3nccnc3c2)n1. The van der Waals surface area contributed by atoms with E-state index in [1.165, 1.54) is 0 Å². The number of nitrogens with zero attached hydrogens (tertiary/aromatic N) is 3. The third-order valence-corrected chi connectivity index (χ3v) is 3.55. The van der Waals surface area contributed by atoms with Crippen LogP contribution >= 0.6 is 11.3 Å². The van der Waals surface area contributed by atoms with Crippen LogP contribution in [0.2, 0.25) is 0 Å². The summed E-state index contributed by atoms with van der Waals surface area (Å²) < 4.78 is 0. The van der Waals surface area contributed by atoms with Crippen LogP contribution in [0.1, 0.15) is 10.7 Å². The average Bonchev–Trinajstić information content (AvgIpc) is 2.82. The molecule has 0 saturated heterocycles. The van der Waals surface area contributed by atoms with Gasteiger partial charge in [-0.15, -0.1) is 11.3 Å². The van der Waals surface area contributed by atoms with Gasteiger partial charge in [-0.3, -0.25) is 9.97 Å². The molecular weight excluding hydrogens is 244 g/mol. The summed E-state index contributed by atoms with van der Waals surface area (Å²) >= 11 is 1.67. The number of rotatable bonds is 3. The Hall–Kier alpha value is -2.01. The predicted molar refractivity (Wildman–Crippen MR) is 73.7 cm³/mol. The Bertz CT molecular complexity index is 677. The molecule has 0 aliphatic heterocycles. The van der Waals surface area contributed by atoms with E-state index in [1.807, 2.05) is 25.1 Å². The van der Waals surface area contributed by atoms with Crippen LogP contribution in [-0.4, -0.2) is 15.0 Å². The third-order valence-electron chi connectivity index (χ3n) is 2.58. The fourth-order valence-electron chi connectivity index (χ4n) is 1.73. The molecule has 3 rings (SSSR count). The molecule has 0 atom stereocenters. The molecule has 0 radical (unpaired) electrons. The number of thiazole rings is 1. The molecule has 3 aromatic rings. The maximum atomic E-state index is 4.42. The summed E-state index contributed by atoms with van der Waals surface area (Å²) in [5.74, 6) is 0. The first-order valence-electron chi connectivity index (χ1n) is 5.67. The van der Waals surface area contributed by atoms with E-state index in [-0.39, 0.29) is 0 Å². The maximum Gasteiger partial charge on any atom is 0.112 e. The summed E-state index contributed by atoms with van der Waals surface area (Å²) in [6.45, 7) is 2.75. The number of hydrogen-bond donors (Lipinski definition) is 1. The van der Waals surface area contributed by atoms with E-state index in [9.17, 15) is 0 Å². The fourth-order valence-corrected chi connectivity index (χ4v) is 2.45. The van der Waals surface area contributed by atoms with E-state index < -0.39 is 0 Å². The van der Waals surface area contributed by atoms with Crippen molar-refractivity contribution in [2.75, 3.05) is 5.32 Å². The molecule has 0 unspecified atom stereocenters. The van der Waals surface area contributed by atoms with Gasteiger partial charge < -0.3 is 5.32 Å². The summed E-state index contributed by atoms with van der Waals surface area (Å²) in [6, 6.07) is 5.98. The number of nitrogens with one attached hydrogen (secondary N) is 1. The van der Waals surface area contributed by atoms with Gasteiger partial charge >= 0.3 is 0 Å². The Labute approximate surface area is 109 Å². The van der Waals surface area contributed by atoms with Crippen molar-refractivity contribution in [2.45, 2.75) is 13.5 Å². The maximum absolute atomic E-state index is 4.42. The van der Waals surface area contributed by atoms with Crippen molar-refractivity contribution in [3.63, 3.8) is 0 Å². The Morgan fingerprint density at radius 3 is 2.78 bits per heavy atom. The van der Waals surface area contributed by atoms with Crippen molar-refractivity contribution in [3.05, 3.63) is 46.7 Å². The quantitative estimate of drug-likeness (QED) is 0.782. The summed E-state index contributed by atoms with van der Waals surface area (Å²) in [5.41, 5.74) is 3.92. The van der Waals surface area contributed by atoms with Gasteiger partial charge in [0.05, 0.1) is 17.6 Å². The van der Waals surface area contributed by atoms with Gasteiger partial charge in [0, 0.05) is 29.2 Å². The summed E-state index contributed by atoms with van der Waals surface area (Å²) in [5, 5.41) is 6.49. The highest BCUT2D eigenvalue weighted by Crippen LogP contribution is 2.17. The lowest BCUT2D eigenvalue weighted by atomic mass is 10.2. The van der Waals surface area contributed by atoms with Crippen molar-refractivity contribution in [1.82, 2.24) is 15.0 Å². The van der Waals surface area contributed by atoms with E-state index in [1.54, 1.807) is 23.7 Å². The second-order valence-corrected chi connectivity index (χ2v) is 4.94. The van der Waals surface area contributed by atoms with Gasteiger partial charge in [0.2, 0.25) is 0 Å². The molecule has 0 fully saturated rings. The van der Waals surface area contributed by atoms with Crippen molar-refractivity contribution < 1.29 is 0 Å². The van der Waals surface area contributed by atoms with Crippen LogP contribution in [0.25, 0.3) is 11.0 Å². The smallest absolute Gasteiger partial charge is 0.112 e. The lowest BCUT2D eigenvalue weighted by molar-refractivity contribution is 1.08. The number of fused-ring (bicyclic) bond motifs is 1. The van der Waals surface area contributed by atoms with Gasteiger partial charge in [-0.1, -0.05) is 0 Å². The zero-order chi connectivity index (χ0) is 12.4. The molecule has 0 aliphatic rings. The van der Waals surface area contributed by atoms with E-state index in [0.29, 0.717) is 0 Å². The summed E-state index contributed by atoms with van der Waals surface area (Å²) in [4.78, 5) is 12.9. The minimum absolute atomic E-state index is 0.740. The molecule has 0 aliphatic carbocycles. The van der Waals surface area contributed by atoms with Crippen molar-refractivity contribution in [3.8, 4) is 0 Å². The highest BCUT2D eigenvalue weighted by molar-refractivity contribution is 7.09. The molecule has 0 saturated carbocycles. The van der Waals surface area contributed by atoms with Gasteiger partial charge in [-0.05, 0) is 25.1 Å². The van der Waals surface area contributed by atoms with Crippen molar-refractivity contribution >= 4 is 28.1 Å². The molecule has 0 bridgehead atoms. The van der Waals surface area contributed by atoms with Crippen LogP contribution in [0.15, 0.2) is 36.0 Å². The average molecular weight is 256 g/mol. The van der Waals surface area contributed by atoms with Crippen LogP contribution in [-0.2, 0) is 6.54 Å². The van der Waals surface area contributed by atoms with Gasteiger partial charge in [-0.25, -0.2) is 4.98 Å². The molecule has 0 spiro atoms. The molecule has 2 aromatic heterocycles. The highest BCUT2D eigenvalue weighted by Gasteiger charge is 2.00. The van der Waals surface area contributed by atoms with E-state index in [4.69, 9.17) is 0 Å². The van der Waals surface area contributed by atoms with Gasteiger partial charge in [0.15, 0.2) is 0 Å². The molecule has 5 heteroatoms. The molecule has 1 aromatic carbocycles. The van der Waals surface area contributed by atoms with Gasteiger partial charge in [-0.2, -0.15) is 0 Å². The largest absolute Gasteiger partial charge is 0.378 e. The number of aryl methyl sites for hydroxylation is 1. The van der Waals surface area contributed by atoms with Crippen LogP contribution < -0.4 is 5.32 Å². The molecular formula is C13H12N4S. The first kappa shape index (κ1) is 11.1. The molecule has 2 heterocycles. The molecule has 90 valence electrons. The van der Waals surface area contributed by atoms with Crippen LogP contribution in [0.3, 0.4) is 0 Å². The standard InChI is InChI=1S/C13H12N4S/c1-9-8-18-13(17-9)7-16-10-2-3-11-12(6-10)15-5-4-14-11/h2-6,8,16H,7H2,1H3. The minimum Gasteiger partial charge on any atom is -0.378 e. The second-order valence-electron chi connectivity index (χ2n) is 4.00. The second kappa shape index (κ2) is 4.70. The van der Waals surface area contributed by atoms with Crippen LogP contribution in [0.5, 0.6) is 0 Å². The Morgan fingerprint density at radius 1 is 1.17 bits per heavy atom. The Morgan fingerprint density at radius 2 is 2.00 bits per heavy atom. The Balaban J connectivity index is 1.78. The third kappa shape index (κ3) is 2.31. The number of hydrogen-bond acceptors (Lipinski definition) is 5. The monoisotopic (exact) mass is 256 g/mol. The lowest BCUT2D eigenvalue weighted by Gasteiger charge is -2.04. The van der Waals surface area contributed by atoms with Crippen molar-refractivity contribution in [2.24, 2.45) is 0 Å². The van der Waals surface area contributed by atoms with Gasteiger partial charge in [0.25, 0.3) is 0 Å². The zero-order valence-corrected chi connectivity index (χ0v) is 10.7. The van der Waals surface area contributed by atoms with Crippen LogP contribution in [0.4, 0.5) is 5.69 Å². The molecule has 18 heavy (non-hydrogen) atoms. The van der Waals surface area contributed by atoms with Crippen molar-refractivity contribution in [1.29, 1.82) is 0 Å². The first-order valence-corrected chi connectivity index (χ1v) is 6.55. The molecule has 4 nitrogen and oxygen atoms in total. The van der Waals surface area contributed by atoms with E-state index in [2.05, 4.69) is 25.6 Å². The fraction of sp³-hybridized carbons (Fsp3) is 0.154. The van der Waals surface area contributed by atoms with Gasteiger partial charge in [0.1, 0.15) is 5.01 Å². The van der Waals surface area contributed by atoms with E-state index in [0.717, 1.165) is 34.0 Å². The zero-order valence-electron chi connectivity index (χ0n) is 9.92. The Kier molecular flexibility index (Phi) is 2.90. The number of aromatic nitrogens is 3. The molecule has 1 N–H and O–H groups in total. The topological polar surface area (TPSA) is 50.7 Å².